The van der Waals surface area contributed by atoms with Crippen LogP contribution in [0.1, 0.15) is 43.9 Å². The molecule has 0 heterocycles. The van der Waals surface area contributed by atoms with Gasteiger partial charge in [0, 0.05) is 33.4 Å². The van der Waals surface area contributed by atoms with Gasteiger partial charge in [0.1, 0.15) is 0 Å². The Kier molecular flexibility index (Phi) is 14.7. The van der Waals surface area contributed by atoms with Crippen molar-refractivity contribution >= 4 is 29.9 Å². The molecule has 26 heavy (non-hydrogen) atoms. The Hall–Kier alpha value is -0.860. The van der Waals surface area contributed by atoms with E-state index in [9.17, 15) is 0 Å². The molecule has 0 radical (unpaired) electrons. The lowest BCUT2D eigenvalue weighted by Crippen LogP contribution is -2.42. The zero-order valence-corrected chi connectivity index (χ0v) is 19.4. The summed E-state index contributed by atoms with van der Waals surface area (Å²) in [5.41, 5.74) is 2.70. The van der Waals surface area contributed by atoms with Gasteiger partial charge in [-0.05, 0) is 51.4 Å². The van der Waals surface area contributed by atoms with Gasteiger partial charge in [-0.25, -0.2) is 0 Å². The van der Waals surface area contributed by atoms with Crippen LogP contribution in [0.2, 0.25) is 0 Å². The van der Waals surface area contributed by atoms with Crippen LogP contribution in [0.25, 0.3) is 0 Å². The van der Waals surface area contributed by atoms with Crippen LogP contribution in [0.15, 0.2) is 29.3 Å². The molecule has 0 spiro atoms. The van der Waals surface area contributed by atoms with Crippen molar-refractivity contribution < 1.29 is 4.74 Å². The van der Waals surface area contributed by atoms with Crippen LogP contribution in [0, 0.1) is 0 Å². The summed E-state index contributed by atoms with van der Waals surface area (Å²) in [5, 5.41) is 6.82. The summed E-state index contributed by atoms with van der Waals surface area (Å²) in [4.78, 5) is 6.56. The summed E-state index contributed by atoms with van der Waals surface area (Å²) < 4.78 is 5.36. The van der Waals surface area contributed by atoms with E-state index in [1.165, 1.54) is 11.1 Å². The van der Waals surface area contributed by atoms with Crippen molar-refractivity contribution in [1.29, 1.82) is 0 Å². The van der Waals surface area contributed by atoms with Crippen LogP contribution in [0.5, 0.6) is 0 Å². The van der Waals surface area contributed by atoms with E-state index >= 15 is 0 Å². The summed E-state index contributed by atoms with van der Waals surface area (Å²) in [5.74, 6) is 0.855. The maximum atomic E-state index is 5.36. The molecule has 0 aliphatic carbocycles. The number of benzene rings is 1. The molecule has 2 N–H and O–H groups in total. The zero-order chi connectivity index (χ0) is 18.5. The van der Waals surface area contributed by atoms with Crippen molar-refractivity contribution in [2.75, 3.05) is 47.4 Å². The van der Waals surface area contributed by atoms with Crippen molar-refractivity contribution in [2.45, 2.75) is 39.2 Å². The molecule has 1 atom stereocenters. The normalized spacial score (nSPS) is 12.6. The topological polar surface area (TPSA) is 48.9 Å². The largest absolute Gasteiger partial charge is 0.382 e. The first-order valence-corrected chi connectivity index (χ1v) is 9.39. The molecule has 6 heteroatoms. The first-order chi connectivity index (χ1) is 12.1. The number of hydrogen-bond acceptors (Lipinski definition) is 3. The highest BCUT2D eigenvalue weighted by molar-refractivity contribution is 14.0. The minimum absolute atomic E-state index is 0. The Morgan fingerprint density at radius 1 is 1.12 bits per heavy atom. The molecule has 1 aromatic carbocycles. The van der Waals surface area contributed by atoms with Crippen LogP contribution < -0.4 is 10.6 Å². The predicted molar refractivity (Wildman–Crippen MR) is 123 cm³/mol. The molecule has 0 aromatic heterocycles. The van der Waals surface area contributed by atoms with E-state index in [1.54, 1.807) is 0 Å². The molecule has 0 saturated heterocycles. The first-order valence-electron chi connectivity index (χ1n) is 9.39. The lowest BCUT2D eigenvalue weighted by Gasteiger charge is -2.26. The number of aryl methyl sites for hydroxylation is 1. The Labute approximate surface area is 177 Å². The van der Waals surface area contributed by atoms with Gasteiger partial charge in [0.2, 0.25) is 0 Å². The molecule has 1 unspecified atom stereocenters. The number of nitrogens with zero attached hydrogens (tertiary/aromatic N) is 2. The van der Waals surface area contributed by atoms with E-state index in [0.717, 1.165) is 51.5 Å². The number of hydrogen-bond donors (Lipinski definition) is 2. The number of ether oxygens (including phenoxy) is 1. The van der Waals surface area contributed by atoms with Gasteiger partial charge >= 0.3 is 0 Å². The highest BCUT2D eigenvalue weighted by Crippen LogP contribution is 2.18. The third-order valence-electron chi connectivity index (χ3n) is 4.29. The molecular weight excluding hydrogens is 439 g/mol. The smallest absolute Gasteiger partial charge is 0.191 e. The number of unbranched alkanes of at least 4 members (excludes halogenated alkanes) is 1. The molecule has 5 nitrogen and oxygen atoms in total. The van der Waals surface area contributed by atoms with Gasteiger partial charge in [-0.15, -0.1) is 24.0 Å². The summed E-state index contributed by atoms with van der Waals surface area (Å²) in [6, 6.07) is 9.21. The fourth-order valence-corrected chi connectivity index (χ4v) is 2.67. The van der Waals surface area contributed by atoms with Gasteiger partial charge in [-0.2, -0.15) is 0 Å². The van der Waals surface area contributed by atoms with Gasteiger partial charge in [-0.3, -0.25) is 4.99 Å². The van der Waals surface area contributed by atoms with Crippen molar-refractivity contribution in [2.24, 2.45) is 4.99 Å². The van der Waals surface area contributed by atoms with Crippen molar-refractivity contribution in [3.8, 4) is 0 Å². The van der Waals surface area contributed by atoms with E-state index in [1.807, 2.05) is 14.0 Å². The number of guanidine groups is 1. The van der Waals surface area contributed by atoms with Crippen molar-refractivity contribution in [3.05, 3.63) is 35.4 Å². The fourth-order valence-electron chi connectivity index (χ4n) is 2.67. The van der Waals surface area contributed by atoms with E-state index in [-0.39, 0.29) is 24.0 Å². The quantitative estimate of drug-likeness (QED) is 0.222. The van der Waals surface area contributed by atoms with Gasteiger partial charge in [0.05, 0.1) is 6.04 Å². The van der Waals surface area contributed by atoms with Crippen LogP contribution in [0.3, 0.4) is 0 Å². The van der Waals surface area contributed by atoms with E-state index in [0.29, 0.717) is 6.04 Å². The van der Waals surface area contributed by atoms with Crippen LogP contribution >= 0.6 is 24.0 Å². The fraction of sp³-hybridized carbons (Fsp3) is 0.650. The second-order valence-corrected chi connectivity index (χ2v) is 6.36. The minimum Gasteiger partial charge on any atom is -0.382 e. The van der Waals surface area contributed by atoms with Crippen LogP contribution in [-0.2, 0) is 11.2 Å². The zero-order valence-electron chi connectivity index (χ0n) is 17.0. The Balaban J connectivity index is 0.00000625. The molecule has 0 saturated carbocycles. The van der Waals surface area contributed by atoms with Crippen molar-refractivity contribution in [1.82, 2.24) is 15.5 Å². The Morgan fingerprint density at radius 3 is 2.35 bits per heavy atom. The number of rotatable bonds is 11. The molecule has 1 aromatic rings. The Bertz CT molecular complexity index is 491. The average molecular weight is 476 g/mol. The summed E-state index contributed by atoms with van der Waals surface area (Å²) >= 11 is 0. The second-order valence-electron chi connectivity index (χ2n) is 6.36. The maximum Gasteiger partial charge on any atom is 0.191 e. The van der Waals surface area contributed by atoms with Crippen molar-refractivity contribution in [3.63, 3.8) is 0 Å². The summed E-state index contributed by atoms with van der Waals surface area (Å²) in [6.45, 7) is 7.56. The molecule has 1 rings (SSSR count). The number of aliphatic imine (C=N–C) groups is 1. The third kappa shape index (κ3) is 9.73. The van der Waals surface area contributed by atoms with Crippen LogP contribution in [-0.4, -0.2) is 58.3 Å². The SMILES string of the molecule is CCOCCCCNC(=NC)NCC(c1ccc(CC)cc1)N(C)C.I. The molecular formula is C20H37IN4O. The Morgan fingerprint density at radius 2 is 1.81 bits per heavy atom. The van der Waals surface area contributed by atoms with Crippen LogP contribution in [0.4, 0.5) is 0 Å². The molecule has 0 aliphatic heterocycles. The van der Waals surface area contributed by atoms with Gasteiger partial charge < -0.3 is 20.3 Å². The average Bonchev–Trinajstić information content (AvgIpc) is 2.63. The number of halogens is 1. The molecule has 0 amide bonds. The summed E-state index contributed by atoms with van der Waals surface area (Å²) in [6.07, 6.45) is 3.23. The van der Waals surface area contributed by atoms with E-state index in [4.69, 9.17) is 4.74 Å². The van der Waals surface area contributed by atoms with Gasteiger partial charge in [0.15, 0.2) is 5.96 Å². The predicted octanol–water partition coefficient (Wildman–Crippen LogP) is 3.45. The monoisotopic (exact) mass is 476 g/mol. The minimum atomic E-state index is 0. The molecule has 150 valence electrons. The van der Waals surface area contributed by atoms with Gasteiger partial charge in [-0.1, -0.05) is 31.2 Å². The highest BCUT2D eigenvalue weighted by Gasteiger charge is 2.14. The standard InChI is InChI=1S/C20H36N4O.HI/c1-6-17-10-12-18(13-11-17)19(24(4)5)16-23-20(21-3)22-14-8-9-15-25-7-2;/h10-13,19H,6-9,14-16H2,1-5H3,(H2,21,22,23);1H. The lowest BCUT2D eigenvalue weighted by molar-refractivity contribution is 0.143. The number of likely N-dealkylation sites (N-methyl/N-ethyl adjacent to an activating group) is 1. The third-order valence-corrected chi connectivity index (χ3v) is 4.29. The van der Waals surface area contributed by atoms with E-state index < -0.39 is 0 Å². The summed E-state index contributed by atoms with van der Waals surface area (Å²) in [7, 11) is 6.05. The number of nitrogens with one attached hydrogen (secondary N) is 2. The second kappa shape index (κ2) is 15.2. The molecule has 0 bridgehead atoms. The van der Waals surface area contributed by atoms with Gasteiger partial charge in [0.25, 0.3) is 0 Å². The maximum absolute atomic E-state index is 5.36. The lowest BCUT2D eigenvalue weighted by atomic mass is 10.0. The molecule has 0 aliphatic rings. The first kappa shape index (κ1) is 25.1. The van der Waals surface area contributed by atoms with E-state index in [2.05, 4.69) is 65.8 Å². The molecule has 0 fully saturated rings. The highest BCUT2D eigenvalue weighted by atomic mass is 127.